The molecule has 0 saturated heterocycles. The molecule has 13 heteroatoms. The van der Waals surface area contributed by atoms with Crippen molar-refractivity contribution in [1.82, 2.24) is 5.32 Å². The SMILES string of the molecule is COc1cc(C(CC(=O)NCCc2ccc(OC)c(OC)c2)C2=C(O)[C@@]3(Oc4c(Cl)c(OC)cc(OC)c4C3=O)[C@H](C)CC2=O)ccc1O. The molecule has 260 valence electrons. The van der Waals surface area contributed by atoms with Gasteiger partial charge in [-0.15, -0.1) is 0 Å². The van der Waals surface area contributed by atoms with Crippen LogP contribution in [-0.4, -0.2) is 75.4 Å². The number of ketones is 2. The molecule has 2 aliphatic rings. The molecule has 3 aromatic rings. The highest BCUT2D eigenvalue weighted by atomic mass is 35.5. The second kappa shape index (κ2) is 14.2. The van der Waals surface area contributed by atoms with E-state index in [0.29, 0.717) is 23.5 Å². The van der Waals surface area contributed by atoms with E-state index in [1.807, 2.05) is 12.1 Å². The number of Topliss-reactive ketones (excluding diaryl/α,β-unsaturated/α-hetero) is 2. The van der Waals surface area contributed by atoms with Gasteiger partial charge < -0.3 is 44.0 Å². The Balaban J connectivity index is 1.54. The minimum atomic E-state index is -2.04. The monoisotopic (exact) mass is 695 g/mol. The maximum atomic E-state index is 14.3. The van der Waals surface area contributed by atoms with E-state index in [-0.39, 0.29) is 64.3 Å². The van der Waals surface area contributed by atoms with Crippen LogP contribution in [0.5, 0.6) is 40.2 Å². The number of nitrogens with one attached hydrogen (secondary N) is 1. The van der Waals surface area contributed by atoms with Crippen LogP contribution in [0.4, 0.5) is 0 Å². The Hall–Kier alpha value is -5.10. The molecule has 0 fully saturated rings. The fourth-order valence-corrected chi connectivity index (χ4v) is 6.74. The van der Waals surface area contributed by atoms with Crippen LogP contribution in [0, 0.1) is 5.92 Å². The Morgan fingerprint density at radius 1 is 0.918 bits per heavy atom. The molecule has 0 radical (unpaired) electrons. The maximum absolute atomic E-state index is 14.3. The smallest absolute Gasteiger partial charge is 0.231 e. The van der Waals surface area contributed by atoms with Crippen molar-refractivity contribution in [2.45, 2.75) is 37.7 Å². The predicted octanol–water partition coefficient (Wildman–Crippen LogP) is 5.36. The normalized spacial score (nSPS) is 18.9. The first kappa shape index (κ1) is 35.2. The predicted molar refractivity (Wildman–Crippen MR) is 179 cm³/mol. The van der Waals surface area contributed by atoms with Crippen molar-refractivity contribution in [2.24, 2.45) is 5.92 Å². The maximum Gasteiger partial charge on any atom is 0.231 e. The van der Waals surface area contributed by atoms with E-state index < -0.39 is 40.7 Å². The summed E-state index contributed by atoms with van der Waals surface area (Å²) in [7, 11) is 7.21. The topological polar surface area (TPSA) is 159 Å². The van der Waals surface area contributed by atoms with Gasteiger partial charge in [0, 0.05) is 42.9 Å². The first-order valence-electron chi connectivity index (χ1n) is 15.4. The van der Waals surface area contributed by atoms with E-state index in [0.717, 1.165) is 5.56 Å². The third-order valence-corrected chi connectivity index (χ3v) is 9.40. The molecular formula is C36H38ClNO11. The number of allylic oxidation sites excluding steroid dienone is 1. The fourth-order valence-electron chi connectivity index (χ4n) is 6.48. The van der Waals surface area contributed by atoms with Crippen molar-refractivity contribution in [3.05, 3.63) is 75.5 Å². The van der Waals surface area contributed by atoms with Crippen molar-refractivity contribution >= 4 is 29.1 Å². The molecule has 49 heavy (non-hydrogen) atoms. The number of methoxy groups -OCH3 is 5. The highest BCUT2D eigenvalue weighted by molar-refractivity contribution is 6.35. The van der Waals surface area contributed by atoms with Gasteiger partial charge in [-0.3, -0.25) is 14.4 Å². The van der Waals surface area contributed by atoms with E-state index in [9.17, 15) is 24.6 Å². The number of fused-ring (bicyclic) bond motifs is 1. The molecular weight excluding hydrogens is 658 g/mol. The number of benzene rings is 3. The summed E-state index contributed by atoms with van der Waals surface area (Å²) in [5, 5.41) is 25.3. The Labute approximate surface area is 288 Å². The Morgan fingerprint density at radius 3 is 2.24 bits per heavy atom. The van der Waals surface area contributed by atoms with Crippen LogP contribution in [0.15, 0.2) is 53.8 Å². The fraction of sp³-hybridized carbons (Fsp3) is 0.361. The van der Waals surface area contributed by atoms with Crippen molar-refractivity contribution in [1.29, 1.82) is 0 Å². The van der Waals surface area contributed by atoms with Crippen molar-refractivity contribution in [2.75, 3.05) is 42.1 Å². The zero-order valence-electron chi connectivity index (χ0n) is 28.0. The molecule has 12 nitrogen and oxygen atoms in total. The average molecular weight is 696 g/mol. The minimum absolute atomic E-state index is 0.00356. The first-order valence-corrected chi connectivity index (χ1v) is 15.8. The summed E-state index contributed by atoms with van der Waals surface area (Å²) in [5.74, 6) is -2.80. The van der Waals surface area contributed by atoms with Gasteiger partial charge in [0.05, 0.1) is 35.5 Å². The number of carbonyl (C=O) groups excluding carboxylic acids is 3. The van der Waals surface area contributed by atoms with Gasteiger partial charge in [-0.25, -0.2) is 0 Å². The number of aliphatic hydroxyl groups excluding tert-OH is 1. The van der Waals surface area contributed by atoms with Crippen LogP contribution in [0.3, 0.4) is 0 Å². The van der Waals surface area contributed by atoms with Gasteiger partial charge in [-0.2, -0.15) is 0 Å². The molecule has 1 unspecified atom stereocenters. The summed E-state index contributed by atoms with van der Waals surface area (Å²) in [6.07, 6.45) is -0.0265. The Bertz CT molecular complexity index is 1840. The lowest BCUT2D eigenvalue weighted by molar-refractivity contribution is -0.121. The molecule has 5 rings (SSSR count). The molecule has 1 aliphatic heterocycles. The van der Waals surface area contributed by atoms with E-state index in [1.165, 1.54) is 52.7 Å². The van der Waals surface area contributed by atoms with Crippen molar-refractivity contribution in [3.8, 4) is 40.2 Å². The lowest BCUT2D eigenvalue weighted by atomic mass is 9.69. The number of rotatable bonds is 12. The molecule has 1 amide bonds. The lowest BCUT2D eigenvalue weighted by Gasteiger charge is -2.38. The molecule has 1 aliphatic carbocycles. The standard InChI is InChI=1S/C36H38ClNO11/c1-18-13-23(40)30(34(42)36(18)35(43)31-27(47-5)17-28(48-6)32(37)33(31)49-36)21(20-8-9-22(39)25(15-20)45-3)16-29(41)38-12-11-19-7-10-24(44-2)26(14-19)46-4/h7-10,14-15,17-18,21,39,42H,11-13,16H2,1-6H3,(H,38,41)/t18-,21?,36+/m1/s1. The largest absolute Gasteiger partial charge is 0.507 e. The van der Waals surface area contributed by atoms with Gasteiger partial charge in [-0.1, -0.05) is 30.7 Å². The molecule has 1 spiro atoms. The highest BCUT2D eigenvalue weighted by Crippen LogP contribution is 2.56. The second-order valence-corrected chi connectivity index (χ2v) is 12.1. The van der Waals surface area contributed by atoms with Crippen LogP contribution in [0.25, 0.3) is 0 Å². The van der Waals surface area contributed by atoms with Crippen LogP contribution >= 0.6 is 11.6 Å². The number of phenols is 1. The molecule has 3 aromatic carbocycles. The van der Waals surface area contributed by atoms with E-state index in [1.54, 1.807) is 20.1 Å². The van der Waals surface area contributed by atoms with E-state index in [2.05, 4.69) is 5.32 Å². The van der Waals surface area contributed by atoms with Gasteiger partial charge >= 0.3 is 0 Å². The first-order chi connectivity index (χ1) is 23.4. The van der Waals surface area contributed by atoms with Crippen molar-refractivity contribution < 1.29 is 53.0 Å². The van der Waals surface area contributed by atoms with Crippen LogP contribution < -0.4 is 33.7 Å². The summed E-state index contributed by atoms with van der Waals surface area (Å²) in [6.45, 7) is 1.86. The number of carbonyl (C=O) groups is 3. The third kappa shape index (κ3) is 6.16. The zero-order valence-corrected chi connectivity index (χ0v) is 28.7. The van der Waals surface area contributed by atoms with Gasteiger partial charge in [0.1, 0.15) is 22.1 Å². The molecule has 1 heterocycles. The molecule has 3 atom stereocenters. The average Bonchev–Trinajstić information content (AvgIpc) is 3.41. The number of aromatic hydroxyl groups is 1. The van der Waals surface area contributed by atoms with Crippen LogP contribution in [0.1, 0.15) is 47.2 Å². The number of amides is 1. The van der Waals surface area contributed by atoms with Crippen molar-refractivity contribution in [3.63, 3.8) is 0 Å². The Morgan fingerprint density at radius 2 is 1.59 bits per heavy atom. The number of hydrogen-bond acceptors (Lipinski definition) is 11. The second-order valence-electron chi connectivity index (χ2n) is 11.7. The van der Waals surface area contributed by atoms with Gasteiger partial charge in [-0.05, 0) is 41.8 Å². The third-order valence-electron chi connectivity index (χ3n) is 9.04. The number of hydrogen-bond donors (Lipinski definition) is 3. The summed E-state index contributed by atoms with van der Waals surface area (Å²) in [5.41, 5.74) is -0.957. The number of halogens is 1. The van der Waals surface area contributed by atoms with Crippen LogP contribution in [0.2, 0.25) is 5.02 Å². The van der Waals surface area contributed by atoms with E-state index in [4.69, 9.17) is 40.0 Å². The lowest BCUT2D eigenvalue weighted by Crippen LogP contribution is -2.53. The zero-order chi connectivity index (χ0) is 35.6. The van der Waals surface area contributed by atoms with E-state index >= 15 is 0 Å². The summed E-state index contributed by atoms with van der Waals surface area (Å²) < 4.78 is 33.1. The molecule has 0 saturated carbocycles. The molecule has 3 N–H and O–H groups in total. The molecule has 0 bridgehead atoms. The summed E-state index contributed by atoms with van der Waals surface area (Å²) in [6, 6.07) is 11.3. The molecule has 0 aromatic heterocycles. The highest BCUT2D eigenvalue weighted by Gasteiger charge is 2.61. The summed E-state index contributed by atoms with van der Waals surface area (Å²) in [4.78, 5) is 41.7. The minimum Gasteiger partial charge on any atom is -0.507 e. The number of phenolic OH excluding ortho intramolecular Hbond substituents is 1. The quantitative estimate of drug-likeness (QED) is 0.224. The van der Waals surface area contributed by atoms with Gasteiger partial charge in [0.25, 0.3) is 0 Å². The van der Waals surface area contributed by atoms with Crippen LogP contribution in [-0.2, 0) is 16.0 Å². The summed E-state index contributed by atoms with van der Waals surface area (Å²) >= 11 is 6.59. The van der Waals surface area contributed by atoms with Gasteiger partial charge in [0.15, 0.2) is 40.3 Å². The van der Waals surface area contributed by atoms with Gasteiger partial charge in [0.2, 0.25) is 17.3 Å². The number of ether oxygens (including phenoxy) is 6. The Kier molecular flexibility index (Phi) is 10.2. The number of aliphatic hydroxyl groups is 1.